The minimum atomic E-state index is 0.101. The van der Waals surface area contributed by atoms with Crippen molar-refractivity contribution in [1.82, 2.24) is 4.98 Å². The molecule has 0 radical (unpaired) electrons. The lowest BCUT2D eigenvalue weighted by molar-refractivity contribution is 0.0954. The average molecular weight is 248 g/mol. The third-order valence-corrected chi connectivity index (χ3v) is 4.02. The van der Waals surface area contributed by atoms with Gasteiger partial charge in [0.15, 0.2) is 0 Å². The molecule has 1 N–H and O–H groups in total. The number of piperidine rings is 1. The van der Waals surface area contributed by atoms with E-state index in [1.807, 2.05) is 13.1 Å². The van der Waals surface area contributed by atoms with Crippen LogP contribution in [0.3, 0.4) is 0 Å². The summed E-state index contributed by atoms with van der Waals surface area (Å²) in [5, 5.41) is 9.75. The van der Waals surface area contributed by atoms with E-state index in [9.17, 15) is 5.11 Å². The fourth-order valence-electron chi connectivity index (χ4n) is 3.10. The van der Waals surface area contributed by atoms with E-state index >= 15 is 0 Å². The van der Waals surface area contributed by atoms with Crippen molar-refractivity contribution < 1.29 is 5.11 Å². The third kappa shape index (κ3) is 2.83. The number of aliphatic hydroxyl groups excluding tert-OH is 1. The molecule has 3 heteroatoms. The summed E-state index contributed by atoms with van der Waals surface area (Å²) in [6.45, 7) is 6.60. The topological polar surface area (TPSA) is 36.4 Å². The summed E-state index contributed by atoms with van der Waals surface area (Å²) in [6, 6.07) is 4.21. The molecule has 1 aromatic heterocycles. The molecule has 2 heterocycles. The predicted molar refractivity (Wildman–Crippen MR) is 74.8 cm³/mol. The van der Waals surface area contributed by atoms with Crippen molar-refractivity contribution in [2.75, 3.05) is 24.6 Å². The van der Waals surface area contributed by atoms with Gasteiger partial charge in [0.05, 0.1) is 6.61 Å². The second-order valence-electron chi connectivity index (χ2n) is 5.59. The molecule has 1 atom stereocenters. The van der Waals surface area contributed by atoms with Crippen molar-refractivity contribution in [3.63, 3.8) is 0 Å². The van der Waals surface area contributed by atoms with Gasteiger partial charge in [0.25, 0.3) is 0 Å². The number of hydrogen-bond donors (Lipinski definition) is 1. The molecule has 1 saturated heterocycles. The summed E-state index contributed by atoms with van der Waals surface area (Å²) in [7, 11) is 0. The van der Waals surface area contributed by atoms with Gasteiger partial charge in [-0.1, -0.05) is 13.3 Å². The fourth-order valence-corrected chi connectivity index (χ4v) is 3.10. The van der Waals surface area contributed by atoms with E-state index in [0.29, 0.717) is 6.61 Å². The Morgan fingerprint density at radius 3 is 3.00 bits per heavy atom. The van der Waals surface area contributed by atoms with Crippen molar-refractivity contribution in [2.24, 2.45) is 5.41 Å². The maximum atomic E-state index is 9.75. The van der Waals surface area contributed by atoms with E-state index in [1.165, 1.54) is 12.1 Å². The van der Waals surface area contributed by atoms with Crippen molar-refractivity contribution >= 4 is 5.69 Å². The number of aliphatic hydroxyl groups is 1. The van der Waals surface area contributed by atoms with Crippen LogP contribution in [0, 0.1) is 12.3 Å². The molecule has 1 aliphatic rings. The number of pyridine rings is 1. The highest BCUT2D eigenvalue weighted by Gasteiger charge is 2.34. The summed E-state index contributed by atoms with van der Waals surface area (Å²) < 4.78 is 0. The molecule has 3 nitrogen and oxygen atoms in total. The quantitative estimate of drug-likeness (QED) is 0.890. The number of anilines is 1. The van der Waals surface area contributed by atoms with Gasteiger partial charge in [-0.05, 0) is 38.3 Å². The number of aryl methyl sites for hydroxylation is 1. The van der Waals surface area contributed by atoms with Gasteiger partial charge < -0.3 is 10.0 Å². The Balaban J connectivity index is 2.15. The van der Waals surface area contributed by atoms with E-state index in [1.54, 1.807) is 0 Å². The second kappa shape index (κ2) is 5.70. The first-order chi connectivity index (χ1) is 8.69. The predicted octanol–water partition coefficient (Wildman–Crippen LogP) is 2.77. The van der Waals surface area contributed by atoms with Gasteiger partial charge >= 0.3 is 0 Å². The Bertz CT molecular complexity index is 390. The van der Waals surface area contributed by atoms with Gasteiger partial charge in [-0.25, -0.2) is 0 Å². The van der Waals surface area contributed by atoms with Gasteiger partial charge in [0, 0.05) is 36.1 Å². The molecule has 1 unspecified atom stereocenters. The van der Waals surface area contributed by atoms with E-state index in [2.05, 4.69) is 28.9 Å². The molecule has 1 aliphatic heterocycles. The van der Waals surface area contributed by atoms with Crippen LogP contribution in [-0.2, 0) is 0 Å². The first kappa shape index (κ1) is 13.3. The van der Waals surface area contributed by atoms with Gasteiger partial charge in [-0.2, -0.15) is 0 Å². The average Bonchev–Trinajstić information content (AvgIpc) is 2.39. The van der Waals surface area contributed by atoms with Gasteiger partial charge in [-0.15, -0.1) is 0 Å². The van der Waals surface area contributed by atoms with Crippen LogP contribution in [-0.4, -0.2) is 29.8 Å². The summed E-state index contributed by atoms with van der Waals surface area (Å²) in [5.41, 5.74) is 2.41. The van der Waals surface area contributed by atoms with Crippen molar-refractivity contribution in [3.05, 3.63) is 24.0 Å². The highest BCUT2D eigenvalue weighted by atomic mass is 16.3. The van der Waals surface area contributed by atoms with Crippen molar-refractivity contribution in [1.29, 1.82) is 0 Å². The Kier molecular flexibility index (Phi) is 4.23. The molecule has 0 aliphatic carbocycles. The van der Waals surface area contributed by atoms with E-state index in [0.717, 1.165) is 38.0 Å². The van der Waals surface area contributed by atoms with Crippen LogP contribution in [0.4, 0.5) is 5.69 Å². The molecule has 0 spiro atoms. The van der Waals surface area contributed by atoms with Gasteiger partial charge in [-0.3, -0.25) is 4.98 Å². The zero-order chi connectivity index (χ0) is 13.0. The summed E-state index contributed by atoms with van der Waals surface area (Å²) in [5.74, 6) is 0. The number of aromatic nitrogens is 1. The molecule has 0 saturated carbocycles. The van der Waals surface area contributed by atoms with Crippen molar-refractivity contribution in [2.45, 2.75) is 39.5 Å². The standard InChI is InChI=1S/C15H24N2O/c1-3-6-15(12-18)7-4-9-17(11-15)14-5-8-16-13(2)10-14/h5,8,10,18H,3-4,6-7,9,11-12H2,1-2H3. The molecule has 1 fully saturated rings. The largest absolute Gasteiger partial charge is 0.396 e. The first-order valence-electron chi connectivity index (χ1n) is 6.97. The molecule has 0 aromatic carbocycles. The Hall–Kier alpha value is -1.09. The van der Waals surface area contributed by atoms with Crippen LogP contribution in [0.15, 0.2) is 18.3 Å². The second-order valence-corrected chi connectivity index (χ2v) is 5.59. The van der Waals surface area contributed by atoms with Crippen LogP contribution in [0.25, 0.3) is 0 Å². The monoisotopic (exact) mass is 248 g/mol. The smallest absolute Gasteiger partial charge is 0.0504 e. The Morgan fingerprint density at radius 1 is 1.50 bits per heavy atom. The summed E-state index contributed by atoms with van der Waals surface area (Å²) in [4.78, 5) is 6.66. The molecular formula is C15H24N2O. The maximum Gasteiger partial charge on any atom is 0.0504 e. The number of nitrogens with zero attached hydrogens (tertiary/aromatic N) is 2. The zero-order valence-electron chi connectivity index (χ0n) is 11.5. The number of hydrogen-bond acceptors (Lipinski definition) is 3. The molecule has 0 bridgehead atoms. The zero-order valence-corrected chi connectivity index (χ0v) is 11.5. The fraction of sp³-hybridized carbons (Fsp3) is 0.667. The minimum absolute atomic E-state index is 0.101. The first-order valence-corrected chi connectivity index (χ1v) is 6.97. The SMILES string of the molecule is CCCC1(CO)CCCN(c2ccnc(C)c2)C1. The molecule has 100 valence electrons. The Morgan fingerprint density at radius 2 is 2.33 bits per heavy atom. The lowest BCUT2D eigenvalue weighted by atomic mass is 9.77. The van der Waals surface area contributed by atoms with E-state index in [4.69, 9.17) is 0 Å². The molecule has 18 heavy (non-hydrogen) atoms. The van der Waals surface area contributed by atoms with Crippen molar-refractivity contribution in [3.8, 4) is 0 Å². The van der Waals surface area contributed by atoms with Crippen LogP contribution < -0.4 is 4.90 Å². The lowest BCUT2D eigenvalue weighted by Crippen LogP contribution is -2.45. The lowest BCUT2D eigenvalue weighted by Gasteiger charge is -2.43. The highest BCUT2D eigenvalue weighted by Crippen LogP contribution is 2.36. The normalized spacial score (nSPS) is 24.3. The summed E-state index contributed by atoms with van der Waals surface area (Å²) >= 11 is 0. The molecular weight excluding hydrogens is 224 g/mol. The van der Waals surface area contributed by atoms with E-state index < -0.39 is 0 Å². The van der Waals surface area contributed by atoms with Gasteiger partial charge in [0.2, 0.25) is 0 Å². The van der Waals surface area contributed by atoms with E-state index in [-0.39, 0.29) is 5.41 Å². The molecule has 0 amide bonds. The van der Waals surface area contributed by atoms with Gasteiger partial charge in [0.1, 0.15) is 0 Å². The van der Waals surface area contributed by atoms with Crippen LogP contribution in [0.1, 0.15) is 38.3 Å². The number of rotatable bonds is 4. The maximum absolute atomic E-state index is 9.75. The minimum Gasteiger partial charge on any atom is -0.396 e. The highest BCUT2D eigenvalue weighted by molar-refractivity contribution is 5.47. The molecule has 1 aromatic rings. The molecule has 2 rings (SSSR count). The Labute approximate surface area is 110 Å². The summed E-state index contributed by atoms with van der Waals surface area (Å²) in [6.07, 6.45) is 6.45. The van der Waals surface area contributed by atoms with Crippen LogP contribution in [0.2, 0.25) is 0 Å². The third-order valence-electron chi connectivity index (χ3n) is 4.02. The van der Waals surface area contributed by atoms with Crippen LogP contribution >= 0.6 is 0 Å². The van der Waals surface area contributed by atoms with Crippen LogP contribution in [0.5, 0.6) is 0 Å².